The molecule has 3 N–H and O–H groups in total. The molecule has 6 heteroatoms. The number of likely N-dealkylation sites (tertiary alicyclic amines) is 1. The van der Waals surface area contributed by atoms with Crippen molar-refractivity contribution >= 4 is 0 Å². The van der Waals surface area contributed by atoms with Crippen LogP contribution in [-0.4, -0.2) is 51.1 Å². The average molecular weight is 349 g/mol. The van der Waals surface area contributed by atoms with Crippen LogP contribution in [0.25, 0.3) is 0 Å². The molecule has 4 atom stereocenters. The highest BCUT2D eigenvalue weighted by Gasteiger charge is 2.46. The minimum atomic E-state index is -1.13. The first-order valence-corrected chi connectivity index (χ1v) is 8.21. The lowest BCUT2D eigenvalue weighted by Crippen LogP contribution is -2.41. The largest absolute Gasteiger partial charge is 0.395 e. The molecule has 134 valence electrons. The minimum Gasteiger partial charge on any atom is -0.395 e. The number of aliphatic hydroxyl groups is 3. The van der Waals surface area contributed by atoms with Gasteiger partial charge in [0, 0.05) is 18.7 Å². The molecule has 0 amide bonds. The highest BCUT2D eigenvalue weighted by Crippen LogP contribution is 2.30. The second kappa shape index (κ2) is 7.58. The summed E-state index contributed by atoms with van der Waals surface area (Å²) in [4.78, 5) is 1.72. The molecular weight excluding hydrogens is 328 g/mol. The molecule has 1 aliphatic heterocycles. The van der Waals surface area contributed by atoms with E-state index in [0.29, 0.717) is 12.0 Å². The monoisotopic (exact) mass is 349 g/mol. The molecule has 3 rings (SSSR count). The van der Waals surface area contributed by atoms with Crippen LogP contribution in [0.2, 0.25) is 0 Å². The third-order valence-electron chi connectivity index (χ3n) is 4.75. The van der Waals surface area contributed by atoms with Crippen LogP contribution in [0.15, 0.2) is 48.5 Å². The predicted molar refractivity (Wildman–Crippen MR) is 88.7 cm³/mol. The molecule has 2 aromatic carbocycles. The Morgan fingerprint density at radius 3 is 2.04 bits per heavy atom. The van der Waals surface area contributed by atoms with Gasteiger partial charge in [0.2, 0.25) is 0 Å². The highest BCUT2D eigenvalue weighted by molar-refractivity contribution is 5.21. The van der Waals surface area contributed by atoms with Gasteiger partial charge in [0.05, 0.1) is 24.9 Å². The summed E-state index contributed by atoms with van der Waals surface area (Å²) in [6, 6.07) is 11.5. The quantitative estimate of drug-likeness (QED) is 0.765. The Balaban J connectivity index is 1.87. The minimum absolute atomic E-state index is 0.117. The average Bonchev–Trinajstić information content (AvgIpc) is 2.79. The Morgan fingerprint density at radius 2 is 1.44 bits per heavy atom. The molecule has 1 aliphatic rings. The van der Waals surface area contributed by atoms with Crippen molar-refractivity contribution in [3.8, 4) is 0 Å². The molecular formula is C19H21F2NO3. The van der Waals surface area contributed by atoms with E-state index < -0.39 is 35.9 Å². The zero-order chi connectivity index (χ0) is 18.0. The fourth-order valence-corrected chi connectivity index (χ4v) is 3.55. The van der Waals surface area contributed by atoms with Crippen LogP contribution >= 0.6 is 0 Å². The maximum absolute atomic E-state index is 13.5. The molecule has 0 saturated carbocycles. The van der Waals surface area contributed by atoms with E-state index in [1.807, 2.05) is 30.3 Å². The van der Waals surface area contributed by atoms with Crippen molar-refractivity contribution in [3.05, 3.63) is 71.3 Å². The van der Waals surface area contributed by atoms with Crippen molar-refractivity contribution in [3.63, 3.8) is 0 Å². The SMILES string of the molecule is OC[C@@H]1[C@@H](O)[C@@H](O)[C@H](Cc2ccccc2)N1Cc1cc(F)cc(F)c1. The number of hydrogen-bond donors (Lipinski definition) is 3. The van der Waals surface area contributed by atoms with E-state index in [1.165, 1.54) is 12.1 Å². The van der Waals surface area contributed by atoms with Gasteiger partial charge in [0.15, 0.2) is 0 Å². The smallest absolute Gasteiger partial charge is 0.126 e. The Labute approximate surface area is 145 Å². The van der Waals surface area contributed by atoms with E-state index in [-0.39, 0.29) is 13.2 Å². The van der Waals surface area contributed by atoms with Gasteiger partial charge in [0.1, 0.15) is 11.6 Å². The number of hydrogen-bond acceptors (Lipinski definition) is 4. The van der Waals surface area contributed by atoms with Crippen molar-refractivity contribution < 1.29 is 24.1 Å². The molecule has 0 radical (unpaired) electrons. The number of halogens is 2. The topological polar surface area (TPSA) is 63.9 Å². The standard InChI is InChI=1S/C19H21F2NO3/c20-14-6-13(7-15(21)9-14)10-22-16(8-12-4-2-1-3-5-12)18(24)19(25)17(22)11-23/h1-7,9,16-19,23-25H,8,10-11H2/t16-,17+,18-,19+/m0/s1. The molecule has 25 heavy (non-hydrogen) atoms. The van der Waals surface area contributed by atoms with E-state index in [9.17, 15) is 24.1 Å². The lowest BCUT2D eigenvalue weighted by atomic mass is 10.0. The molecule has 4 nitrogen and oxygen atoms in total. The van der Waals surface area contributed by atoms with E-state index in [4.69, 9.17) is 0 Å². The van der Waals surface area contributed by atoms with Crippen LogP contribution in [0.4, 0.5) is 8.78 Å². The summed E-state index contributed by atoms with van der Waals surface area (Å²) < 4.78 is 26.9. The molecule has 0 aliphatic carbocycles. The maximum atomic E-state index is 13.5. The first-order valence-electron chi connectivity index (χ1n) is 8.21. The van der Waals surface area contributed by atoms with Gasteiger partial charge in [0.25, 0.3) is 0 Å². The van der Waals surface area contributed by atoms with E-state index in [0.717, 1.165) is 11.6 Å². The molecule has 2 aromatic rings. The van der Waals surface area contributed by atoms with Gasteiger partial charge in [-0.2, -0.15) is 0 Å². The molecule has 1 heterocycles. The summed E-state index contributed by atoms with van der Waals surface area (Å²) in [5, 5.41) is 30.3. The fraction of sp³-hybridized carbons (Fsp3) is 0.368. The van der Waals surface area contributed by atoms with E-state index >= 15 is 0 Å². The Hall–Kier alpha value is -1.86. The van der Waals surface area contributed by atoms with Crippen LogP contribution in [0.1, 0.15) is 11.1 Å². The van der Waals surface area contributed by atoms with E-state index in [2.05, 4.69) is 0 Å². The fourth-order valence-electron chi connectivity index (χ4n) is 3.55. The van der Waals surface area contributed by atoms with Gasteiger partial charge < -0.3 is 15.3 Å². The van der Waals surface area contributed by atoms with Crippen molar-refractivity contribution in [1.82, 2.24) is 4.90 Å². The number of rotatable bonds is 5. The predicted octanol–water partition coefficient (Wildman–Crippen LogP) is 1.47. The second-order valence-corrected chi connectivity index (χ2v) is 6.44. The second-order valence-electron chi connectivity index (χ2n) is 6.44. The number of aliphatic hydroxyl groups excluding tert-OH is 3. The molecule has 0 unspecified atom stereocenters. The molecule has 1 saturated heterocycles. The summed E-state index contributed by atoms with van der Waals surface area (Å²) in [6.45, 7) is -0.243. The molecule has 0 aromatic heterocycles. The molecule has 0 spiro atoms. The van der Waals surface area contributed by atoms with E-state index in [1.54, 1.807) is 4.90 Å². The van der Waals surface area contributed by atoms with Crippen molar-refractivity contribution in [2.45, 2.75) is 37.3 Å². The van der Waals surface area contributed by atoms with Crippen LogP contribution < -0.4 is 0 Å². The third kappa shape index (κ3) is 3.88. The summed E-state index contributed by atoms with van der Waals surface area (Å²) >= 11 is 0. The van der Waals surface area contributed by atoms with Gasteiger partial charge in [-0.15, -0.1) is 0 Å². The van der Waals surface area contributed by atoms with Crippen LogP contribution in [0.3, 0.4) is 0 Å². The van der Waals surface area contributed by atoms with Gasteiger partial charge >= 0.3 is 0 Å². The number of nitrogens with zero attached hydrogens (tertiary/aromatic N) is 1. The van der Waals surface area contributed by atoms with Gasteiger partial charge in [-0.25, -0.2) is 8.78 Å². The lowest BCUT2D eigenvalue weighted by Gasteiger charge is -2.30. The first-order chi connectivity index (χ1) is 12.0. The first kappa shape index (κ1) is 17.9. The van der Waals surface area contributed by atoms with Gasteiger partial charge in [-0.3, -0.25) is 4.90 Å². The maximum Gasteiger partial charge on any atom is 0.126 e. The van der Waals surface area contributed by atoms with Crippen LogP contribution in [0, 0.1) is 11.6 Å². The Kier molecular flexibility index (Phi) is 5.44. The van der Waals surface area contributed by atoms with Crippen molar-refractivity contribution in [1.29, 1.82) is 0 Å². The third-order valence-corrected chi connectivity index (χ3v) is 4.75. The zero-order valence-electron chi connectivity index (χ0n) is 13.6. The van der Waals surface area contributed by atoms with Crippen molar-refractivity contribution in [2.75, 3.05) is 6.61 Å². The van der Waals surface area contributed by atoms with Crippen LogP contribution in [0.5, 0.6) is 0 Å². The summed E-state index contributed by atoms with van der Waals surface area (Å²) in [7, 11) is 0. The van der Waals surface area contributed by atoms with Crippen molar-refractivity contribution in [2.24, 2.45) is 0 Å². The summed E-state index contributed by atoms with van der Waals surface area (Å²) in [6.07, 6.45) is -1.74. The molecule has 1 fully saturated rings. The normalized spacial score (nSPS) is 26.9. The van der Waals surface area contributed by atoms with Gasteiger partial charge in [-0.05, 0) is 29.7 Å². The summed E-state index contributed by atoms with van der Waals surface area (Å²) in [5.74, 6) is -1.37. The molecule has 0 bridgehead atoms. The zero-order valence-corrected chi connectivity index (χ0v) is 13.6. The number of benzene rings is 2. The Bertz CT molecular complexity index is 693. The van der Waals surface area contributed by atoms with Crippen LogP contribution in [-0.2, 0) is 13.0 Å². The van der Waals surface area contributed by atoms with Gasteiger partial charge in [-0.1, -0.05) is 30.3 Å². The lowest BCUT2D eigenvalue weighted by molar-refractivity contribution is 0.0178. The highest BCUT2D eigenvalue weighted by atomic mass is 19.1. The summed E-state index contributed by atoms with van der Waals surface area (Å²) in [5.41, 5.74) is 1.35. The Morgan fingerprint density at radius 1 is 0.840 bits per heavy atom.